The average Bonchev–Trinajstić information content (AvgIpc) is 2.96. The van der Waals surface area contributed by atoms with Crippen molar-refractivity contribution in [1.82, 2.24) is 10.2 Å². The Balaban J connectivity index is 0.00000192. The SMILES string of the molecule is Cl.O=C(CCC1CCNC1)N1CCCCCC1c1ccccc1. The van der Waals surface area contributed by atoms with Gasteiger partial charge in [-0.3, -0.25) is 4.79 Å². The number of nitrogens with zero attached hydrogens (tertiary/aromatic N) is 1. The van der Waals surface area contributed by atoms with E-state index in [1.165, 1.54) is 24.8 Å². The van der Waals surface area contributed by atoms with Crippen LogP contribution in [0.4, 0.5) is 0 Å². The molecule has 0 aromatic heterocycles. The fourth-order valence-electron chi connectivity index (χ4n) is 3.86. The van der Waals surface area contributed by atoms with E-state index in [1.54, 1.807) is 0 Å². The van der Waals surface area contributed by atoms with Crippen molar-refractivity contribution in [2.75, 3.05) is 19.6 Å². The summed E-state index contributed by atoms with van der Waals surface area (Å²) in [7, 11) is 0. The molecule has 0 aliphatic carbocycles. The van der Waals surface area contributed by atoms with E-state index >= 15 is 0 Å². The van der Waals surface area contributed by atoms with Crippen molar-refractivity contribution in [3.05, 3.63) is 35.9 Å². The standard InChI is InChI=1S/C19H28N2O.ClH/c22-19(11-10-16-12-13-20-15-16)21-14-6-2-5-9-18(21)17-7-3-1-4-8-17;/h1,3-4,7-8,16,18,20H,2,5-6,9-15H2;1H. The lowest BCUT2D eigenvalue weighted by atomic mass is 9.99. The highest BCUT2D eigenvalue weighted by Gasteiger charge is 2.27. The topological polar surface area (TPSA) is 32.3 Å². The summed E-state index contributed by atoms with van der Waals surface area (Å²) in [5, 5.41) is 3.40. The Morgan fingerprint density at radius 3 is 2.70 bits per heavy atom. The maximum Gasteiger partial charge on any atom is 0.223 e. The number of likely N-dealkylation sites (tertiary alicyclic amines) is 1. The lowest BCUT2D eigenvalue weighted by Gasteiger charge is -2.31. The van der Waals surface area contributed by atoms with Gasteiger partial charge in [0, 0.05) is 13.0 Å². The summed E-state index contributed by atoms with van der Waals surface area (Å²) in [6.07, 6.45) is 7.74. The van der Waals surface area contributed by atoms with E-state index < -0.39 is 0 Å². The number of carbonyl (C=O) groups is 1. The van der Waals surface area contributed by atoms with Crippen LogP contribution >= 0.6 is 12.4 Å². The monoisotopic (exact) mass is 336 g/mol. The summed E-state index contributed by atoms with van der Waals surface area (Å²) in [5.74, 6) is 1.06. The first kappa shape index (κ1) is 18.3. The van der Waals surface area contributed by atoms with Crippen molar-refractivity contribution >= 4 is 18.3 Å². The number of nitrogens with one attached hydrogen (secondary N) is 1. The smallest absolute Gasteiger partial charge is 0.223 e. The summed E-state index contributed by atoms with van der Waals surface area (Å²) in [5.41, 5.74) is 1.31. The van der Waals surface area contributed by atoms with Crippen LogP contribution in [0.25, 0.3) is 0 Å². The van der Waals surface area contributed by atoms with Crippen molar-refractivity contribution < 1.29 is 4.79 Å². The van der Waals surface area contributed by atoms with Crippen LogP contribution in [-0.2, 0) is 4.79 Å². The molecule has 3 rings (SSSR count). The highest BCUT2D eigenvalue weighted by molar-refractivity contribution is 5.85. The molecule has 2 saturated heterocycles. The van der Waals surface area contributed by atoms with Crippen molar-refractivity contribution in [1.29, 1.82) is 0 Å². The first-order valence-corrected chi connectivity index (χ1v) is 8.90. The zero-order valence-corrected chi connectivity index (χ0v) is 14.7. The Morgan fingerprint density at radius 1 is 1.13 bits per heavy atom. The predicted octanol–water partition coefficient (Wildman–Crippen LogP) is 3.94. The molecule has 2 heterocycles. The Bertz CT molecular complexity index is 474. The van der Waals surface area contributed by atoms with E-state index in [9.17, 15) is 4.79 Å². The van der Waals surface area contributed by atoms with Gasteiger partial charge in [0.1, 0.15) is 0 Å². The molecule has 1 amide bonds. The minimum atomic E-state index is 0. The first-order chi connectivity index (χ1) is 10.8. The van der Waals surface area contributed by atoms with Crippen molar-refractivity contribution in [3.8, 4) is 0 Å². The van der Waals surface area contributed by atoms with Crippen LogP contribution in [0.3, 0.4) is 0 Å². The quantitative estimate of drug-likeness (QED) is 0.903. The lowest BCUT2D eigenvalue weighted by molar-refractivity contribution is -0.134. The van der Waals surface area contributed by atoms with Crippen molar-refractivity contribution in [3.63, 3.8) is 0 Å². The molecule has 2 aliphatic heterocycles. The number of amides is 1. The first-order valence-electron chi connectivity index (χ1n) is 8.90. The average molecular weight is 337 g/mol. The van der Waals surface area contributed by atoms with E-state index in [4.69, 9.17) is 0 Å². The largest absolute Gasteiger partial charge is 0.336 e. The van der Waals surface area contributed by atoms with E-state index in [0.717, 1.165) is 45.3 Å². The maximum absolute atomic E-state index is 12.8. The van der Waals surface area contributed by atoms with Crippen LogP contribution in [0.2, 0.25) is 0 Å². The Kier molecular flexibility index (Phi) is 7.38. The summed E-state index contributed by atoms with van der Waals surface area (Å²) in [6, 6.07) is 10.9. The van der Waals surface area contributed by atoms with Gasteiger partial charge in [-0.25, -0.2) is 0 Å². The third-order valence-electron chi connectivity index (χ3n) is 5.19. The van der Waals surface area contributed by atoms with E-state index in [2.05, 4.69) is 40.5 Å². The fraction of sp³-hybridized carbons (Fsp3) is 0.632. The Morgan fingerprint density at radius 2 is 1.96 bits per heavy atom. The number of hydrogen-bond acceptors (Lipinski definition) is 2. The number of hydrogen-bond donors (Lipinski definition) is 1. The van der Waals surface area contributed by atoms with Crippen LogP contribution in [0.15, 0.2) is 30.3 Å². The fourth-order valence-corrected chi connectivity index (χ4v) is 3.86. The zero-order chi connectivity index (χ0) is 15.2. The van der Waals surface area contributed by atoms with Gasteiger partial charge in [-0.05, 0) is 50.3 Å². The third-order valence-corrected chi connectivity index (χ3v) is 5.19. The van der Waals surface area contributed by atoms with Crippen LogP contribution in [0, 0.1) is 5.92 Å². The molecule has 3 nitrogen and oxygen atoms in total. The van der Waals surface area contributed by atoms with Gasteiger partial charge in [0.2, 0.25) is 5.91 Å². The second-order valence-electron chi connectivity index (χ2n) is 6.76. The molecule has 128 valence electrons. The minimum absolute atomic E-state index is 0. The molecule has 4 heteroatoms. The van der Waals surface area contributed by atoms with Crippen molar-refractivity contribution in [2.24, 2.45) is 5.92 Å². The molecule has 1 aromatic carbocycles. The second kappa shape index (κ2) is 9.29. The van der Waals surface area contributed by atoms with Crippen LogP contribution in [-0.4, -0.2) is 30.4 Å². The predicted molar refractivity (Wildman–Crippen MR) is 96.8 cm³/mol. The molecule has 2 atom stereocenters. The number of benzene rings is 1. The molecular weight excluding hydrogens is 308 g/mol. The molecule has 1 N–H and O–H groups in total. The molecular formula is C19H29ClN2O. The molecule has 0 spiro atoms. The second-order valence-corrected chi connectivity index (χ2v) is 6.76. The highest BCUT2D eigenvalue weighted by atomic mass is 35.5. The zero-order valence-electron chi connectivity index (χ0n) is 13.9. The van der Waals surface area contributed by atoms with Gasteiger partial charge in [-0.2, -0.15) is 0 Å². The third kappa shape index (κ3) is 4.95. The van der Waals surface area contributed by atoms with Crippen LogP contribution in [0.5, 0.6) is 0 Å². The van der Waals surface area contributed by atoms with Crippen LogP contribution in [0.1, 0.15) is 56.6 Å². The normalized spacial score (nSPS) is 24.8. The number of halogens is 1. The lowest BCUT2D eigenvalue weighted by Crippen LogP contribution is -2.35. The number of rotatable bonds is 4. The number of carbonyl (C=O) groups excluding carboxylic acids is 1. The van der Waals surface area contributed by atoms with Crippen molar-refractivity contribution in [2.45, 2.75) is 51.0 Å². The molecule has 23 heavy (non-hydrogen) atoms. The molecule has 2 aliphatic rings. The molecule has 2 unspecified atom stereocenters. The summed E-state index contributed by atoms with van der Waals surface area (Å²) >= 11 is 0. The maximum atomic E-state index is 12.8. The Labute approximate surface area is 146 Å². The van der Waals surface area contributed by atoms with E-state index in [0.29, 0.717) is 11.8 Å². The highest BCUT2D eigenvalue weighted by Crippen LogP contribution is 2.31. The Hall–Kier alpha value is -1.06. The summed E-state index contributed by atoms with van der Waals surface area (Å²) < 4.78 is 0. The molecule has 0 saturated carbocycles. The van der Waals surface area contributed by atoms with Gasteiger partial charge in [-0.15, -0.1) is 12.4 Å². The van der Waals surface area contributed by atoms with Gasteiger partial charge in [0.15, 0.2) is 0 Å². The van der Waals surface area contributed by atoms with E-state index in [1.807, 2.05) is 0 Å². The molecule has 2 fully saturated rings. The molecule has 0 bridgehead atoms. The van der Waals surface area contributed by atoms with Gasteiger partial charge in [0.05, 0.1) is 6.04 Å². The van der Waals surface area contributed by atoms with E-state index in [-0.39, 0.29) is 18.4 Å². The van der Waals surface area contributed by atoms with Gasteiger partial charge in [-0.1, -0.05) is 43.2 Å². The van der Waals surface area contributed by atoms with Gasteiger partial charge < -0.3 is 10.2 Å². The summed E-state index contributed by atoms with van der Waals surface area (Å²) in [4.78, 5) is 15.0. The van der Waals surface area contributed by atoms with Gasteiger partial charge in [0.25, 0.3) is 0 Å². The van der Waals surface area contributed by atoms with Crippen LogP contribution < -0.4 is 5.32 Å². The van der Waals surface area contributed by atoms with Gasteiger partial charge >= 0.3 is 0 Å². The molecule has 0 radical (unpaired) electrons. The summed E-state index contributed by atoms with van der Waals surface area (Å²) in [6.45, 7) is 3.14. The molecule has 1 aromatic rings. The minimum Gasteiger partial charge on any atom is -0.336 e.